The van der Waals surface area contributed by atoms with Crippen molar-refractivity contribution >= 4 is 5.91 Å². The molecular weight excluding hydrogens is 240 g/mol. The third-order valence-corrected chi connectivity index (χ3v) is 3.08. The maximum atomic E-state index is 12.2. The van der Waals surface area contributed by atoms with Crippen LogP contribution in [0, 0.1) is 5.92 Å². The van der Waals surface area contributed by atoms with Crippen LogP contribution < -0.4 is 15.8 Å². The van der Waals surface area contributed by atoms with E-state index in [1.165, 1.54) is 0 Å². The minimum Gasteiger partial charge on any atom is -0.497 e. The Balaban J connectivity index is 2.76. The normalized spacial score (nSPS) is 14.0. The Labute approximate surface area is 115 Å². The minimum absolute atomic E-state index is 0.101. The molecule has 1 amide bonds. The highest BCUT2D eigenvalue weighted by molar-refractivity contribution is 5.94. The second kappa shape index (κ2) is 6.57. The number of nitrogens with two attached hydrogens (primary N) is 1. The van der Waals surface area contributed by atoms with E-state index in [-0.39, 0.29) is 11.4 Å². The Bertz CT molecular complexity index is 415. The molecule has 0 aliphatic carbocycles. The van der Waals surface area contributed by atoms with E-state index in [1.807, 2.05) is 6.92 Å². The molecule has 0 aliphatic rings. The van der Waals surface area contributed by atoms with Crippen LogP contribution in [0.25, 0.3) is 0 Å². The summed E-state index contributed by atoms with van der Waals surface area (Å²) in [5.74, 6) is 1.11. The number of benzene rings is 1. The Hall–Kier alpha value is -1.55. The summed E-state index contributed by atoms with van der Waals surface area (Å²) in [6, 6.07) is 7.05. The summed E-state index contributed by atoms with van der Waals surface area (Å²) in [4.78, 5) is 12.2. The maximum absolute atomic E-state index is 12.2. The molecule has 0 spiro atoms. The summed E-state index contributed by atoms with van der Waals surface area (Å²) < 4.78 is 5.07. The highest BCUT2D eigenvalue weighted by Gasteiger charge is 2.26. The number of nitrogens with one attached hydrogen (secondary N) is 1. The quantitative estimate of drug-likeness (QED) is 0.827. The summed E-state index contributed by atoms with van der Waals surface area (Å²) in [5, 5.41) is 3.02. The monoisotopic (exact) mass is 264 g/mol. The van der Waals surface area contributed by atoms with Gasteiger partial charge in [0.15, 0.2) is 0 Å². The second-order valence-corrected chi connectivity index (χ2v) is 5.55. The van der Waals surface area contributed by atoms with Gasteiger partial charge in [0.25, 0.3) is 5.91 Å². The Morgan fingerprint density at radius 2 is 1.95 bits per heavy atom. The fourth-order valence-corrected chi connectivity index (χ4v) is 2.18. The zero-order valence-corrected chi connectivity index (χ0v) is 12.2. The molecule has 0 aliphatic heterocycles. The summed E-state index contributed by atoms with van der Waals surface area (Å²) in [6.07, 6.45) is 0.853. The molecule has 1 unspecified atom stereocenters. The summed E-state index contributed by atoms with van der Waals surface area (Å²) >= 11 is 0. The molecule has 0 fully saturated rings. The van der Waals surface area contributed by atoms with Crippen molar-refractivity contribution in [1.29, 1.82) is 0 Å². The third kappa shape index (κ3) is 4.56. The Morgan fingerprint density at radius 1 is 1.37 bits per heavy atom. The standard InChI is InChI=1S/C15H24N2O2/c1-11(2)9-15(3,10-16)17-14(18)12-5-7-13(19-4)8-6-12/h5-8,11H,9-10,16H2,1-4H3,(H,17,18). The van der Waals surface area contributed by atoms with Gasteiger partial charge in [-0.15, -0.1) is 0 Å². The van der Waals surface area contributed by atoms with Crippen LogP contribution in [0.4, 0.5) is 0 Å². The van der Waals surface area contributed by atoms with Crippen molar-refractivity contribution in [2.24, 2.45) is 11.7 Å². The van der Waals surface area contributed by atoms with Gasteiger partial charge < -0.3 is 15.8 Å². The van der Waals surface area contributed by atoms with E-state index >= 15 is 0 Å². The van der Waals surface area contributed by atoms with E-state index in [0.717, 1.165) is 12.2 Å². The van der Waals surface area contributed by atoms with Gasteiger partial charge in [-0.05, 0) is 43.5 Å². The van der Waals surface area contributed by atoms with Gasteiger partial charge in [-0.2, -0.15) is 0 Å². The highest BCUT2D eigenvalue weighted by Crippen LogP contribution is 2.17. The van der Waals surface area contributed by atoms with Gasteiger partial charge in [0.05, 0.1) is 7.11 Å². The average molecular weight is 264 g/mol. The van der Waals surface area contributed by atoms with Crippen LogP contribution in [-0.2, 0) is 0 Å². The zero-order valence-electron chi connectivity index (χ0n) is 12.2. The number of hydrogen-bond donors (Lipinski definition) is 2. The average Bonchev–Trinajstić information content (AvgIpc) is 2.37. The first kappa shape index (κ1) is 15.5. The largest absolute Gasteiger partial charge is 0.497 e. The SMILES string of the molecule is COc1ccc(C(=O)NC(C)(CN)CC(C)C)cc1. The first-order valence-corrected chi connectivity index (χ1v) is 6.57. The lowest BCUT2D eigenvalue weighted by molar-refractivity contribution is 0.0898. The molecule has 0 heterocycles. The molecule has 4 heteroatoms. The van der Waals surface area contributed by atoms with Crippen LogP contribution in [0.5, 0.6) is 5.75 Å². The molecule has 1 rings (SSSR count). The molecule has 0 bridgehead atoms. The lowest BCUT2D eigenvalue weighted by Crippen LogP contribution is -2.52. The first-order valence-electron chi connectivity index (χ1n) is 6.57. The van der Waals surface area contributed by atoms with Gasteiger partial charge in [-0.3, -0.25) is 4.79 Å². The molecule has 0 aromatic heterocycles. The van der Waals surface area contributed by atoms with Crippen molar-refractivity contribution in [2.45, 2.75) is 32.7 Å². The van der Waals surface area contributed by atoms with Crippen LogP contribution in [0.3, 0.4) is 0 Å². The number of carbonyl (C=O) groups is 1. The summed E-state index contributed by atoms with van der Waals surface area (Å²) in [5.41, 5.74) is 6.04. The van der Waals surface area contributed by atoms with Crippen molar-refractivity contribution in [2.75, 3.05) is 13.7 Å². The molecule has 0 saturated heterocycles. The fourth-order valence-electron chi connectivity index (χ4n) is 2.18. The lowest BCUT2D eigenvalue weighted by Gasteiger charge is -2.31. The molecule has 3 N–H and O–H groups in total. The van der Waals surface area contributed by atoms with Gasteiger partial charge in [0.2, 0.25) is 0 Å². The van der Waals surface area contributed by atoms with E-state index in [2.05, 4.69) is 19.2 Å². The van der Waals surface area contributed by atoms with Crippen LogP contribution in [-0.4, -0.2) is 25.1 Å². The van der Waals surface area contributed by atoms with Crippen molar-refractivity contribution < 1.29 is 9.53 Å². The van der Waals surface area contributed by atoms with E-state index in [0.29, 0.717) is 18.0 Å². The van der Waals surface area contributed by atoms with E-state index in [1.54, 1.807) is 31.4 Å². The van der Waals surface area contributed by atoms with E-state index in [4.69, 9.17) is 10.5 Å². The van der Waals surface area contributed by atoms with Crippen LogP contribution in [0.2, 0.25) is 0 Å². The predicted molar refractivity (Wildman–Crippen MR) is 77.4 cm³/mol. The second-order valence-electron chi connectivity index (χ2n) is 5.55. The van der Waals surface area contributed by atoms with Gasteiger partial charge in [-0.1, -0.05) is 13.8 Å². The number of carbonyl (C=O) groups excluding carboxylic acids is 1. The molecule has 1 aromatic rings. The zero-order chi connectivity index (χ0) is 14.5. The lowest BCUT2D eigenvalue weighted by atomic mass is 9.90. The molecule has 19 heavy (non-hydrogen) atoms. The molecule has 1 aromatic carbocycles. The number of hydrogen-bond acceptors (Lipinski definition) is 3. The van der Waals surface area contributed by atoms with Crippen LogP contribution in [0.15, 0.2) is 24.3 Å². The van der Waals surface area contributed by atoms with Crippen LogP contribution in [0.1, 0.15) is 37.6 Å². The van der Waals surface area contributed by atoms with Crippen molar-refractivity contribution in [3.8, 4) is 5.75 Å². The smallest absolute Gasteiger partial charge is 0.251 e. The van der Waals surface area contributed by atoms with E-state index < -0.39 is 0 Å². The van der Waals surface area contributed by atoms with Crippen molar-refractivity contribution in [3.63, 3.8) is 0 Å². The van der Waals surface area contributed by atoms with Crippen molar-refractivity contribution in [1.82, 2.24) is 5.32 Å². The van der Waals surface area contributed by atoms with Crippen molar-refractivity contribution in [3.05, 3.63) is 29.8 Å². The highest BCUT2D eigenvalue weighted by atomic mass is 16.5. The summed E-state index contributed by atoms with van der Waals surface area (Å²) in [6.45, 7) is 6.64. The maximum Gasteiger partial charge on any atom is 0.251 e. The fraction of sp³-hybridized carbons (Fsp3) is 0.533. The molecule has 106 valence electrons. The molecule has 0 saturated carbocycles. The molecular formula is C15H24N2O2. The predicted octanol–water partition coefficient (Wildman–Crippen LogP) is 2.19. The number of methoxy groups -OCH3 is 1. The van der Waals surface area contributed by atoms with E-state index in [9.17, 15) is 4.79 Å². The Kier molecular flexibility index (Phi) is 5.36. The number of rotatable bonds is 6. The number of ether oxygens (including phenoxy) is 1. The molecule has 4 nitrogen and oxygen atoms in total. The Morgan fingerprint density at radius 3 is 2.37 bits per heavy atom. The van der Waals surface area contributed by atoms with Gasteiger partial charge in [0.1, 0.15) is 5.75 Å². The molecule has 0 radical (unpaired) electrons. The topological polar surface area (TPSA) is 64.3 Å². The van der Waals surface area contributed by atoms with Gasteiger partial charge >= 0.3 is 0 Å². The third-order valence-electron chi connectivity index (χ3n) is 3.08. The number of amides is 1. The minimum atomic E-state index is -0.370. The molecule has 1 atom stereocenters. The van der Waals surface area contributed by atoms with Gasteiger partial charge in [-0.25, -0.2) is 0 Å². The van der Waals surface area contributed by atoms with Crippen LogP contribution >= 0.6 is 0 Å². The summed E-state index contributed by atoms with van der Waals surface area (Å²) in [7, 11) is 1.60. The van der Waals surface area contributed by atoms with Gasteiger partial charge in [0, 0.05) is 17.6 Å². The first-order chi connectivity index (χ1) is 8.90.